The van der Waals surface area contributed by atoms with Gasteiger partial charge in [-0.25, -0.2) is 4.39 Å². The van der Waals surface area contributed by atoms with Crippen molar-refractivity contribution in [3.8, 4) is 5.75 Å². The molecule has 0 radical (unpaired) electrons. The molecule has 0 unspecified atom stereocenters. The van der Waals surface area contributed by atoms with Crippen molar-refractivity contribution in [1.29, 1.82) is 0 Å². The highest BCUT2D eigenvalue weighted by Gasteiger charge is 2.34. The average molecular weight is 300 g/mol. The van der Waals surface area contributed by atoms with Crippen LogP contribution in [0, 0.1) is 5.82 Å². The number of carbonyl (C=O) groups is 1. The third-order valence-corrected chi connectivity index (χ3v) is 3.55. The monoisotopic (exact) mass is 300 g/mol. The van der Waals surface area contributed by atoms with E-state index in [2.05, 4.69) is 5.16 Å². The van der Waals surface area contributed by atoms with Gasteiger partial charge >= 0.3 is 0 Å². The van der Waals surface area contributed by atoms with E-state index in [9.17, 15) is 9.18 Å². The summed E-state index contributed by atoms with van der Waals surface area (Å²) in [6, 6.07) is 11.2. The molecule has 5 nitrogen and oxygen atoms in total. The van der Waals surface area contributed by atoms with Crippen LogP contribution in [-0.2, 0) is 11.3 Å². The Kier molecular flexibility index (Phi) is 3.50. The molecule has 0 spiro atoms. The highest BCUT2D eigenvalue weighted by molar-refractivity contribution is 6.54. The average Bonchev–Trinajstić information content (AvgIpc) is 2.79. The molecule has 0 saturated heterocycles. The summed E-state index contributed by atoms with van der Waals surface area (Å²) in [4.78, 5) is 13.8. The minimum Gasteiger partial charge on any atom is -0.497 e. The molecule has 112 valence electrons. The van der Waals surface area contributed by atoms with Crippen LogP contribution in [-0.4, -0.2) is 23.9 Å². The number of halogens is 1. The highest BCUT2D eigenvalue weighted by Crippen LogP contribution is 2.31. The molecule has 1 amide bonds. The van der Waals surface area contributed by atoms with Gasteiger partial charge < -0.3 is 14.8 Å². The molecule has 0 fully saturated rings. The van der Waals surface area contributed by atoms with Gasteiger partial charge in [-0.15, -0.1) is 0 Å². The largest absolute Gasteiger partial charge is 0.497 e. The number of nitrogens with zero attached hydrogens (tertiary/aromatic N) is 2. The molecule has 1 aliphatic heterocycles. The van der Waals surface area contributed by atoms with Gasteiger partial charge in [0.2, 0.25) is 0 Å². The molecule has 0 saturated carbocycles. The Bertz CT molecular complexity index is 756. The molecule has 0 aromatic heterocycles. The maximum atomic E-state index is 13.4. The zero-order valence-corrected chi connectivity index (χ0v) is 11.8. The van der Waals surface area contributed by atoms with Gasteiger partial charge in [-0.1, -0.05) is 17.3 Å². The first kappa shape index (κ1) is 14.1. The van der Waals surface area contributed by atoms with E-state index in [1.807, 2.05) is 12.1 Å². The third kappa shape index (κ3) is 2.28. The van der Waals surface area contributed by atoms with Gasteiger partial charge in [0, 0.05) is 5.56 Å². The molecule has 2 aromatic carbocycles. The summed E-state index contributed by atoms with van der Waals surface area (Å²) in [5.41, 5.74) is 1.54. The smallest absolute Gasteiger partial charge is 0.281 e. The quantitative estimate of drug-likeness (QED) is 0.700. The molecular weight excluding hydrogens is 287 g/mol. The Morgan fingerprint density at radius 1 is 1.23 bits per heavy atom. The van der Waals surface area contributed by atoms with Gasteiger partial charge in [-0.05, 0) is 35.9 Å². The topological polar surface area (TPSA) is 62.1 Å². The molecule has 22 heavy (non-hydrogen) atoms. The van der Waals surface area contributed by atoms with Crippen molar-refractivity contribution >= 4 is 17.3 Å². The van der Waals surface area contributed by atoms with E-state index in [4.69, 9.17) is 9.94 Å². The van der Waals surface area contributed by atoms with Gasteiger partial charge in [0.1, 0.15) is 11.6 Å². The van der Waals surface area contributed by atoms with E-state index in [0.717, 1.165) is 11.3 Å². The first-order chi connectivity index (χ1) is 10.6. The maximum absolute atomic E-state index is 13.4. The van der Waals surface area contributed by atoms with Gasteiger partial charge in [0.15, 0.2) is 5.71 Å². The van der Waals surface area contributed by atoms with Crippen LogP contribution in [0.25, 0.3) is 0 Å². The number of anilines is 1. The predicted octanol–water partition coefficient (Wildman–Crippen LogP) is 2.56. The van der Waals surface area contributed by atoms with Crippen molar-refractivity contribution in [3.05, 3.63) is 59.4 Å². The summed E-state index contributed by atoms with van der Waals surface area (Å²) in [7, 11) is 1.58. The summed E-state index contributed by atoms with van der Waals surface area (Å²) in [5, 5.41) is 12.0. The molecule has 1 N–H and O–H groups in total. The van der Waals surface area contributed by atoms with Crippen LogP contribution in [0.4, 0.5) is 10.1 Å². The summed E-state index contributed by atoms with van der Waals surface area (Å²) < 4.78 is 18.4. The summed E-state index contributed by atoms with van der Waals surface area (Å²) in [6.07, 6.45) is 0. The summed E-state index contributed by atoms with van der Waals surface area (Å²) in [6.45, 7) is 0.292. The lowest BCUT2D eigenvalue weighted by Gasteiger charge is -2.17. The van der Waals surface area contributed by atoms with Gasteiger partial charge in [-0.3, -0.25) is 4.79 Å². The van der Waals surface area contributed by atoms with Crippen LogP contribution in [0.15, 0.2) is 47.6 Å². The second kappa shape index (κ2) is 5.48. The molecule has 1 aliphatic rings. The number of methoxy groups -OCH3 is 1. The zero-order chi connectivity index (χ0) is 15.7. The lowest BCUT2D eigenvalue weighted by molar-refractivity contribution is -0.112. The van der Waals surface area contributed by atoms with E-state index >= 15 is 0 Å². The van der Waals surface area contributed by atoms with Crippen molar-refractivity contribution in [2.45, 2.75) is 6.54 Å². The van der Waals surface area contributed by atoms with Crippen LogP contribution < -0.4 is 9.64 Å². The number of hydrogen-bond donors (Lipinski definition) is 1. The Morgan fingerprint density at radius 3 is 2.59 bits per heavy atom. The lowest BCUT2D eigenvalue weighted by atomic mass is 10.1. The molecule has 0 bridgehead atoms. The van der Waals surface area contributed by atoms with Crippen molar-refractivity contribution in [2.75, 3.05) is 12.0 Å². The van der Waals surface area contributed by atoms with Crippen LogP contribution in [0.5, 0.6) is 5.75 Å². The number of ether oxygens (including phenoxy) is 1. The van der Waals surface area contributed by atoms with E-state index in [0.29, 0.717) is 17.8 Å². The van der Waals surface area contributed by atoms with Gasteiger partial charge in [-0.2, -0.15) is 0 Å². The standard InChI is InChI=1S/C16H13FN2O3/c1-22-12-5-2-10(3-6-12)9-19-14-7-4-11(17)8-13(14)15(18-21)16(19)20/h2-8,21H,9H2,1H3/b18-15-. The molecule has 6 heteroatoms. The number of fused-ring (bicyclic) bond motifs is 1. The maximum Gasteiger partial charge on any atom is 0.281 e. The Hall–Kier alpha value is -2.89. The molecular formula is C16H13FN2O3. The summed E-state index contributed by atoms with van der Waals surface area (Å²) in [5.74, 6) is -0.227. The Balaban J connectivity index is 1.95. The van der Waals surface area contributed by atoms with Crippen LogP contribution in [0.1, 0.15) is 11.1 Å². The van der Waals surface area contributed by atoms with E-state index in [-0.39, 0.29) is 5.71 Å². The highest BCUT2D eigenvalue weighted by atomic mass is 19.1. The second-order valence-corrected chi connectivity index (χ2v) is 4.85. The van der Waals surface area contributed by atoms with E-state index in [1.54, 1.807) is 19.2 Å². The first-order valence-electron chi connectivity index (χ1n) is 6.61. The predicted molar refractivity (Wildman–Crippen MR) is 78.9 cm³/mol. The number of amides is 1. The fraction of sp³-hybridized carbons (Fsp3) is 0.125. The number of hydrogen-bond acceptors (Lipinski definition) is 4. The number of oxime groups is 1. The molecule has 1 heterocycles. The third-order valence-electron chi connectivity index (χ3n) is 3.55. The normalized spacial score (nSPS) is 15.3. The SMILES string of the molecule is COc1ccc(CN2C(=O)/C(=N\O)c3cc(F)ccc32)cc1. The van der Waals surface area contributed by atoms with Crippen molar-refractivity contribution in [2.24, 2.45) is 5.16 Å². The fourth-order valence-corrected chi connectivity index (χ4v) is 2.45. The van der Waals surface area contributed by atoms with Crippen molar-refractivity contribution in [3.63, 3.8) is 0 Å². The van der Waals surface area contributed by atoms with E-state index < -0.39 is 11.7 Å². The number of benzene rings is 2. The number of rotatable bonds is 3. The van der Waals surface area contributed by atoms with Crippen molar-refractivity contribution < 1.29 is 19.1 Å². The fourth-order valence-electron chi connectivity index (χ4n) is 2.45. The van der Waals surface area contributed by atoms with Crippen LogP contribution in [0.2, 0.25) is 0 Å². The zero-order valence-electron chi connectivity index (χ0n) is 11.8. The molecule has 2 aromatic rings. The Morgan fingerprint density at radius 2 is 1.95 bits per heavy atom. The molecule has 0 atom stereocenters. The lowest BCUT2D eigenvalue weighted by Crippen LogP contribution is -2.29. The number of carbonyl (C=O) groups excluding carboxylic acids is 1. The Labute approximate surface area is 126 Å². The minimum atomic E-state index is -0.487. The van der Waals surface area contributed by atoms with Gasteiger partial charge in [0.05, 0.1) is 19.3 Å². The van der Waals surface area contributed by atoms with Crippen molar-refractivity contribution in [1.82, 2.24) is 0 Å². The van der Waals surface area contributed by atoms with Gasteiger partial charge in [0.25, 0.3) is 5.91 Å². The first-order valence-corrected chi connectivity index (χ1v) is 6.61. The van der Waals surface area contributed by atoms with E-state index in [1.165, 1.54) is 23.1 Å². The molecule has 0 aliphatic carbocycles. The van der Waals surface area contributed by atoms with Crippen LogP contribution in [0.3, 0.4) is 0 Å². The summed E-state index contributed by atoms with van der Waals surface area (Å²) >= 11 is 0. The van der Waals surface area contributed by atoms with Crippen LogP contribution >= 0.6 is 0 Å². The minimum absolute atomic E-state index is 0.150. The molecule has 3 rings (SSSR count). The second-order valence-electron chi connectivity index (χ2n) is 4.85.